The fraction of sp³-hybridized carbons (Fsp3) is 0. The van der Waals surface area contributed by atoms with Crippen molar-refractivity contribution in [3.05, 3.63) is 49.8 Å². The molecule has 0 saturated heterocycles. The van der Waals surface area contributed by atoms with Crippen LogP contribution in [0, 0.1) is 0 Å². The standard InChI is InChI=1S/C12H9Br3N2O2S/c13-7-2-4-12(10(16)5-7)20(18,19)17-11-6-8(14)1-3-9(11)15/h1-6,17H,16H2. The summed E-state index contributed by atoms with van der Waals surface area (Å²) in [6.07, 6.45) is 0. The Morgan fingerprint density at radius 2 is 1.55 bits per heavy atom. The van der Waals surface area contributed by atoms with Gasteiger partial charge in [0.15, 0.2) is 0 Å². The molecule has 2 aromatic carbocycles. The third-order valence-corrected chi connectivity index (χ3v) is 5.55. The quantitative estimate of drug-likeness (QED) is 0.636. The second kappa shape index (κ2) is 6.05. The molecule has 0 heterocycles. The van der Waals surface area contributed by atoms with Crippen molar-refractivity contribution in [2.75, 3.05) is 10.5 Å². The number of anilines is 2. The summed E-state index contributed by atoms with van der Waals surface area (Å²) >= 11 is 9.84. The molecule has 0 saturated carbocycles. The first-order valence-electron chi connectivity index (χ1n) is 5.32. The van der Waals surface area contributed by atoms with Crippen molar-refractivity contribution in [2.24, 2.45) is 0 Å². The van der Waals surface area contributed by atoms with Crippen LogP contribution in [0.15, 0.2) is 54.7 Å². The van der Waals surface area contributed by atoms with Gasteiger partial charge in [-0.1, -0.05) is 31.9 Å². The lowest BCUT2D eigenvalue weighted by molar-refractivity contribution is 0.601. The van der Waals surface area contributed by atoms with E-state index in [1.54, 1.807) is 30.3 Å². The number of halogens is 3. The van der Waals surface area contributed by atoms with Crippen LogP contribution >= 0.6 is 47.8 Å². The van der Waals surface area contributed by atoms with Gasteiger partial charge in [0.25, 0.3) is 10.0 Å². The monoisotopic (exact) mass is 482 g/mol. The fourth-order valence-corrected chi connectivity index (χ4v) is 3.94. The highest BCUT2D eigenvalue weighted by molar-refractivity contribution is 9.11. The van der Waals surface area contributed by atoms with Gasteiger partial charge in [0.1, 0.15) is 4.90 Å². The maximum atomic E-state index is 12.4. The topological polar surface area (TPSA) is 72.2 Å². The summed E-state index contributed by atoms with van der Waals surface area (Å²) < 4.78 is 29.3. The molecule has 0 aliphatic carbocycles. The van der Waals surface area contributed by atoms with E-state index in [0.29, 0.717) is 10.2 Å². The van der Waals surface area contributed by atoms with Crippen molar-refractivity contribution in [1.82, 2.24) is 0 Å². The van der Waals surface area contributed by atoms with Crippen molar-refractivity contribution in [2.45, 2.75) is 4.90 Å². The lowest BCUT2D eigenvalue weighted by atomic mass is 10.3. The minimum atomic E-state index is -3.75. The smallest absolute Gasteiger partial charge is 0.263 e. The molecule has 0 spiro atoms. The minimum absolute atomic E-state index is 0.0348. The van der Waals surface area contributed by atoms with Crippen molar-refractivity contribution in [3.63, 3.8) is 0 Å². The van der Waals surface area contributed by atoms with E-state index < -0.39 is 10.0 Å². The zero-order valence-electron chi connectivity index (χ0n) is 9.90. The van der Waals surface area contributed by atoms with Crippen LogP contribution in [0.4, 0.5) is 11.4 Å². The molecule has 0 bridgehead atoms. The van der Waals surface area contributed by atoms with Gasteiger partial charge in [-0.15, -0.1) is 0 Å². The van der Waals surface area contributed by atoms with Crippen molar-refractivity contribution >= 4 is 69.2 Å². The molecule has 0 aliphatic rings. The molecule has 4 nitrogen and oxygen atoms in total. The number of hydrogen-bond acceptors (Lipinski definition) is 3. The summed E-state index contributed by atoms with van der Waals surface area (Å²) in [5, 5.41) is 0. The Bertz CT molecular complexity index is 763. The molecule has 0 radical (unpaired) electrons. The van der Waals surface area contributed by atoms with Crippen LogP contribution in [-0.2, 0) is 10.0 Å². The van der Waals surface area contributed by atoms with Crippen molar-refractivity contribution in [3.8, 4) is 0 Å². The first kappa shape index (κ1) is 15.8. The molecular weight excluding hydrogens is 476 g/mol. The average Bonchev–Trinajstić information content (AvgIpc) is 2.33. The third kappa shape index (κ3) is 3.55. The first-order valence-corrected chi connectivity index (χ1v) is 9.19. The predicted molar refractivity (Wildman–Crippen MR) is 91.2 cm³/mol. The highest BCUT2D eigenvalue weighted by Crippen LogP contribution is 2.30. The van der Waals surface area contributed by atoms with Gasteiger partial charge in [-0.25, -0.2) is 8.42 Å². The normalized spacial score (nSPS) is 11.3. The number of hydrogen-bond donors (Lipinski definition) is 2. The van der Waals surface area contributed by atoms with Crippen LogP contribution in [0.5, 0.6) is 0 Å². The number of nitrogen functional groups attached to an aromatic ring is 1. The fourth-order valence-electron chi connectivity index (χ4n) is 1.54. The van der Waals surface area contributed by atoms with E-state index in [4.69, 9.17) is 5.73 Å². The number of nitrogens with one attached hydrogen (secondary N) is 1. The molecule has 0 atom stereocenters. The summed E-state index contributed by atoms with van der Waals surface area (Å²) in [5.74, 6) is 0. The largest absolute Gasteiger partial charge is 0.398 e. The van der Waals surface area contributed by atoms with Crippen LogP contribution < -0.4 is 10.5 Å². The van der Waals surface area contributed by atoms with E-state index in [1.165, 1.54) is 6.07 Å². The molecule has 0 amide bonds. The molecule has 8 heteroatoms. The average molecular weight is 485 g/mol. The van der Waals surface area contributed by atoms with Crippen LogP contribution in [0.25, 0.3) is 0 Å². The van der Waals surface area contributed by atoms with Crippen LogP contribution in [0.3, 0.4) is 0 Å². The lowest BCUT2D eigenvalue weighted by Crippen LogP contribution is -2.15. The molecule has 2 rings (SSSR count). The third-order valence-electron chi connectivity index (χ3n) is 2.43. The molecule has 2 aromatic rings. The lowest BCUT2D eigenvalue weighted by Gasteiger charge is -2.12. The minimum Gasteiger partial charge on any atom is -0.398 e. The van der Waals surface area contributed by atoms with E-state index in [2.05, 4.69) is 52.5 Å². The number of rotatable bonds is 3. The molecule has 0 aromatic heterocycles. The molecular formula is C12H9Br3N2O2S. The Hall–Kier alpha value is -0.570. The highest BCUT2D eigenvalue weighted by atomic mass is 79.9. The van der Waals surface area contributed by atoms with Crippen LogP contribution in [0.2, 0.25) is 0 Å². The number of sulfonamides is 1. The number of benzene rings is 2. The Balaban J connectivity index is 2.43. The van der Waals surface area contributed by atoms with E-state index in [1.807, 2.05) is 0 Å². The van der Waals surface area contributed by atoms with Gasteiger partial charge < -0.3 is 5.73 Å². The second-order valence-corrected chi connectivity index (χ2v) is 8.25. The zero-order chi connectivity index (χ0) is 14.9. The second-order valence-electron chi connectivity index (χ2n) is 3.91. The molecule has 106 valence electrons. The Kier molecular flexibility index (Phi) is 4.78. The van der Waals surface area contributed by atoms with Gasteiger partial charge in [0.05, 0.1) is 11.4 Å². The summed E-state index contributed by atoms with van der Waals surface area (Å²) in [5.41, 5.74) is 6.37. The van der Waals surface area contributed by atoms with Gasteiger partial charge in [-0.3, -0.25) is 4.72 Å². The van der Waals surface area contributed by atoms with Crippen molar-refractivity contribution < 1.29 is 8.42 Å². The Morgan fingerprint density at radius 3 is 2.20 bits per heavy atom. The van der Waals surface area contributed by atoms with E-state index >= 15 is 0 Å². The van der Waals surface area contributed by atoms with E-state index in [0.717, 1.165) is 8.95 Å². The summed E-state index contributed by atoms with van der Waals surface area (Å²) in [6.45, 7) is 0. The maximum absolute atomic E-state index is 12.4. The molecule has 0 aliphatic heterocycles. The summed E-state index contributed by atoms with van der Waals surface area (Å²) in [6, 6.07) is 9.83. The van der Waals surface area contributed by atoms with Gasteiger partial charge in [-0.05, 0) is 52.3 Å². The molecule has 3 N–H and O–H groups in total. The van der Waals surface area contributed by atoms with Gasteiger partial charge in [-0.2, -0.15) is 0 Å². The molecule has 0 unspecified atom stereocenters. The van der Waals surface area contributed by atoms with E-state index in [-0.39, 0.29) is 10.6 Å². The van der Waals surface area contributed by atoms with Gasteiger partial charge in [0, 0.05) is 13.4 Å². The highest BCUT2D eigenvalue weighted by Gasteiger charge is 2.19. The van der Waals surface area contributed by atoms with Crippen LogP contribution in [0.1, 0.15) is 0 Å². The summed E-state index contributed by atoms with van der Waals surface area (Å²) in [4.78, 5) is 0.0348. The van der Waals surface area contributed by atoms with Gasteiger partial charge >= 0.3 is 0 Å². The van der Waals surface area contributed by atoms with E-state index in [9.17, 15) is 8.42 Å². The van der Waals surface area contributed by atoms with Gasteiger partial charge in [0.2, 0.25) is 0 Å². The predicted octanol–water partition coefficient (Wildman–Crippen LogP) is 4.36. The Labute approximate surface area is 142 Å². The Morgan fingerprint density at radius 1 is 0.950 bits per heavy atom. The summed E-state index contributed by atoms with van der Waals surface area (Å²) in [7, 11) is -3.75. The maximum Gasteiger partial charge on any atom is 0.263 e. The SMILES string of the molecule is Nc1cc(Br)ccc1S(=O)(=O)Nc1cc(Br)ccc1Br. The number of nitrogens with two attached hydrogens (primary N) is 1. The molecule has 20 heavy (non-hydrogen) atoms. The molecule has 0 fully saturated rings. The van der Waals surface area contributed by atoms with Crippen LogP contribution in [-0.4, -0.2) is 8.42 Å². The van der Waals surface area contributed by atoms with Crippen molar-refractivity contribution in [1.29, 1.82) is 0 Å². The first-order chi connectivity index (χ1) is 9.29. The zero-order valence-corrected chi connectivity index (χ0v) is 15.5.